The van der Waals surface area contributed by atoms with Gasteiger partial charge >= 0.3 is 6.16 Å². The lowest BCUT2D eigenvalue weighted by atomic mass is 10.1. The van der Waals surface area contributed by atoms with Crippen molar-refractivity contribution >= 4 is 6.16 Å². The Balaban J connectivity index is 2.57. The molecule has 0 bridgehead atoms. The fraction of sp³-hybridized carbons (Fsp3) is 0.833. The largest absolute Gasteiger partial charge is 0.509 e. The monoisotopic (exact) mass is 148 g/mol. The minimum atomic E-state index is -1.21. The Bertz CT molecular complexity index is 134. The predicted molar refractivity (Wildman–Crippen MR) is 31.4 cm³/mol. The van der Waals surface area contributed by atoms with E-state index in [1.165, 1.54) is 13.8 Å². The highest BCUT2D eigenvalue weighted by Crippen LogP contribution is 2.17. The molecule has 1 fully saturated rings. The van der Waals surface area contributed by atoms with Crippen LogP contribution in [0.3, 0.4) is 0 Å². The molecule has 0 aliphatic carbocycles. The lowest BCUT2D eigenvalue weighted by molar-refractivity contribution is -0.0965. The summed E-state index contributed by atoms with van der Waals surface area (Å²) in [5.74, 6) is 0. The van der Waals surface area contributed by atoms with E-state index in [1.807, 2.05) is 0 Å². The van der Waals surface area contributed by atoms with Gasteiger partial charge in [0.1, 0.15) is 12.2 Å². The first-order valence-corrected chi connectivity index (χ1v) is 3.12. The van der Waals surface area contributed by atoms with Crippen molar-refractivity contribution in [3.63, 3.8) is 0 Å². The van der Waals surface area contributed by atoms with Crippen molar-refractivity contribution in [3.05, 3.63) is 0 Å². The first kappa shape index (κ1) is 7.31. The van der Waals surface area contributed by atoms with Crippen molar-refractivity contribution in [1.82, 2.24) is 0 Å². The van der Waals surface area contributed by atoms with Gasteiger partial charge in [-0.2, -0.15) is 0 Å². The average Bonchev–Trinajstić information content (AvgIpc) is 1.82. The minimum Gasteiger partial charge on any atom is -0.428 e. The number of hydrogen-bond donors (Lipinski definition) is 0. The van der Waals surface area contributed by atoms with Crippen LogP contribution in [0.25, 0.3) is 0 Å². The molecule has 1 aliphatic rings. The SMILES string of the molecule is CC1OC(=O)OC(C)C1F. The van der Waals surface area contributed by atoms with Crippen LogP contribution in [-0.4, -0.2) is 24.5 Å². The summed E-state index contributed by atoms with van der Waals surface area (Å²) in [4.78, 5) is 10.4. The molecule has 0 aromatic heterocycles. The van der Waals surface area contributed by atoms with Crippen molar-refractivity contribution < 1.29 is 18.7 Å². The zero-order chi connectivity index (χ0) is 7.72. The van der Waals surface area contributed by atoms with E-state index in [4.69, 9.17) is 0 Å². The van der Waals surface area contributed by atoms with Gasteiger partial charge in [0.05, 0.1) is 0 Å². The number of ether oxygens (including phenoxy) is 2. The van der Waals surface area contributed by atoms with Crippen LogP contribution in [0.2, 0.25) is 0 Å². The molecule has 0 saturated carbocycles. The number of rotatable bonds is 0. The van der Waals surface area contributed by atoms with Crippen LogP contribution in [0.15, 0.2) is 0 Å². The predicted octanol–water partition coefficient (Wildman–Crippen LogP) is 1.27. The summed E-state index contributed by atoms with van der Waals surface area (Å²) >= 11 is 0. The van der Waals surface area contributed by atoms with Crippen LogP contribution < -0.4 is 0 Å². The molecular formula is C6H9FO3. The van der Waals surface area contributed by atoms with Gasteiger partial charge in [-0.1, -0.05) is 0 Å². The Morgan fingerprint density at radius 1 is 1.30 bits per heavy atom. The van der Waals surface area contributed by atoms with Crippen molar-refractivity contribution in [2.75, 3.05) is 0 Å². The number of halogens is 1. The second kappa shape index (κ2) is 2.44. The highest BCUT2D eigenvalue weighted by molar-refractivity contribution is 5.61. The third-order valence-corrected chi connectivity index (χ3v) is 1.46. The summed E-state index contributed by atoms with van der Waals surface area (Å²) in [5, 5.41) is 0. The Labute approximate surface area is 58.1 Å². The van der Waals surface area contributed by atoms with E-state index in [-0.39, 0.29) is 0 Å². The lowest BCUT2D eigenvalue weighted by Gasteiger charge is -2.27. The van der Waals surface area contributed by atoms with Crippen LogP contribution in [0.4, 0.5) is 9.18 Å². The van der Waals surface area contributed by atoms with Crippen molar-refractivity contribution in [2.45, 2.75) is 32.2 Å². The number of hydrogen-bond acceptors (Lipinski definition) is 3. The average molecular weight is 148 g/mol. The van der Waals surface area contributed by atoms with E-state index in [1.54, 1.807) is 0 Å². The first-order valence-electron chi connectivity index (χ1n) is 3.12. The number of alkyl halides is 1. The molecule has 0 aromatic rings. The van der Waals surface area contributed by atoms with E-state index >= 15 is 0 Å². The highest BCUT2D eigenvalue weighted by Gasteiger charge is 2.34. The Kier molecular flexibility index (Phi) is 1.78. The van der Waals surface area contributed by atoms with E-state index in [2.05, 4.69) is 9.47 Å². The normalized spacial score (nSPS) is 40.3. The summed E-state index contributed by atoms with van der Waals surface area (Å²) < 4.78 is 21.6. The molecule has 58 valence electrons. The topological polar surface area (TPSA) is 35.5 Å². The maximum Gasteiger partial charge on any atom is 0.509 e. The lowest BCUT2D eigenvalue weighted by Crippen LogP contribution is -2.42. The summed E-state index contributed by atoms with van der Waals surface area (Å²) in [6.45, 7) is 3.00. The summed E-state index contributed by atoms with van der Waals surface area (Å²) in [6.07, 6.45) is -3.36. The van der Waals surface area contributed by atoms with E-state index in [9.17, 15) is 9.18 Å². The highest BCUT2D eigenvalue weighted by atomic mass is 19.1. The van der Waals surface area contributed by atoms with Gasteiger partial charge in [0.2, 0.25) is 0 Å². The molecule has 0 spiro atoms. The molecule has 1 heterocycles. The quantitative estimate of drug-likeness (QED) is 0.485. The van der Waals surface area contributed by atoms with Crippen LogP contribution in [-0.2, 0) is 9.47 Å². The molecular weight excluding hydrogens is 139 g/mol. The van der Waals surface area contributed by atoms with Crippen LogP contribution in [0.5, 0.6) is 0 Å². The minimum absolute atomic E-state index is 0.684. The Morgan fingerprint density at radius 3 is 2.10 bits per heavy atom. The van der Waals surface area contributed by atoms with Crippen molar-refractivity contribution in [1.29, 1.82) is 0 Å². The van der Waals surface area contributed by atoms with Crippen LogP contribution >= 0.6 is 0 Å². The molecule has 0 radical (unpaired) electrons. The molecule has 4 heteroatoms. The zero-order valence-electron chi connectivity index (χ0n) is 5.83. The fourth-order valence-electron chi connectivity index (χ4n) is 0.843. The van der Waals surface area contributed by atoms with Gasteiger partial charge in [-0.15, -0.1) is 0 Å². The third-order valence-electron chi connectivity index (χ3n) is 1.46. The van der Waals surface area contributed by atoms with Gasteiger partial charge in [-0.25, -0.2) is 9.18 Å². The van der Waals surface area contributed by atoms with E-state index < -0.39 is 24.5 Å². The number of cyclic esters (lactones) is 2. The summed E-state index contributed by atoms with van der Waals surface area (Å²) in [6, 6.07) is 0. The third kappa shape index (κ3) is 1.20. The van der Waals surface area contributed by atoms with Crippen LogP contribution in [0.1, 0.15) is 13.8 Å². The van der Waals surface area contributed by atoms with Gasteiger partial charge in [-0.05, 0) is 13.8 Å². The van der Waals surface area contributed by atoms with Gasteiger partial charge in [0, 0.05) is 0 Å². The van der Waals surface area contributed by atoms with E-state index in [0.717, 1.165) is 0 Å². The number of carbonyl (C=O) groups excluding carboxylic acids is 1. The standard InChI is InChI=1S/C6H9FO3/c1-3-5(7)4(2)10-6(8)9-3/h3-5H,1-2H3. The second-order valence-corrected chi connectivity index (χ2v) is 2.34. The van der Waals surface area contributed by atoms with Crippen molar-refractivity contribution in [3.8, 4) is 0 Å². The molecule has 3 nitrogen and oxygen atoms in total. The van der Waals surface area contributed by atoms with Gasteiger partial charge in [0.25, 0.3) is 0 Å². The van der Waals surface area contributed by atoms with Gasteiger partial charge in [0.15, 0.2) is 6.17 Å². The first-order chi connectivity index (χ1) is 4.61. The molecule has 1 saturated heterocycles. The Morgan fingerprint density at radius 2 is 1.70 bits per heavy atom. The van der Waals surface area contributed by atoms with Gasteiger partial charge in [-0.3, -0.25) is 0 Å². The fourth-order valence-corrected chi connectivity index (χ4v) is 0.843. The molecule has 2 unspecified atom stereocenters. The smallest absolute Gasteiger partial charge is 0.428 e. The molecule has 0 amide bonds. The molecule has 1 aliphatic heterocycles. The second-order valence-electron chi connectivity index (χ2n) is 2.34. The van der Waals surface area contributed by atoms with Gasteiger partial charge < -0.3 is 9.47 Å². The Hall–Kier alpha value is -0.800. The maximum absolute atomic E-state index is 12.7. The van der Waals surface area contributed by atoms with E-state index in [0.29, 0.717) is 0 Å². The summed E-state index contributed by atoms with van der Waals surface area (Å²) in [7, 11) is 0. The molecule has 1 rings (SSSR count). The molecule has 10 heavy (non-hydrogen) atoms. The molecule has 0 aromatic carbocycles. The molecule has 0 N–H and O–H groups in total. The zero-order valence-corrected chi connectivity index (χ0v) is 5.83. The number of carbonyl (C=O) groups is 1. The van der Waals surface area contributed by atoms with Crippen molar-refractivity contribution in [2.24, 2.45) is 0 Å². The molecule has 2 atom stereocenters. The maximum atomic E-state index is 12.7. The van der Waals surface area contributed by atoms with Crippen LogP contribution in [0, 0.1) is 0 Å². The summed E-state index contributed by atoms with van der Waals surface area (Å²) in [5.41, 5.74) is 0.